The van der Waals surface area contributed by atoms with Gasteiger partial charge in [0.15, 0.2) is 0 Å². The smallest absolute Gasteiger partial charge is 0.150 e. The number of anilines is 1. The summed E-state index contributed by atoms with van der Waals surface area (Å²) in [5.41, 5.74) is 8.95. The van der Waals surface area contributed by atoms with Gasteiger partial charge in [0.05, 0.1) is 17.3 Å². The van der Waals surface area contributed by atoms with E-state index in [0.717, 1.165) is 21.3 Å². The highest BCUT2D eigenvalue weighted by molar-refractivity contribution is 9.10. The fourth-order valence-electron chi connectivity index (χ4n) is 1.90. The third-order valence-corrected chi connectivity index (χ3v) is 3.27. The van der Waals surface area contributed by atoms with E-state index in [0.29, 0.717) is 17.0 Å². The Hall–Kier alpha value is -1.99. The minimum Gasteiger partial charge on any atom is -0.455 e. The first kappa shape index (κ1) is 13.4. The Bertz CT molecular complexity index is 651. The normalized spacial score (nSPS) is 10.0. The quantitative estimate of drug-likeness (QED) is 0.840. The predicted molar refractivity (Wildman–Crippen MR) is 79.3 cm³/mol. The van der Waals surface area contributed by atoms with Gasteiger partial charge in [-0.25, -0.2) is 0 Å². The van der Waals surface area contributed by atoms with Gasteiger partial charge in [-0.1, -0.05) is 15.9 Å². The van der Waals surface area contributed by atoms with E-state index >= 15 is 0 Å². The molecule has 0 radical (unpaired) electrons. The number of aryl methyl sites for hydroxylation is 2. The zero-order chi connectivity index (χ0) is 14.0. The molecule has 0 aromatic heterocycles. The first-order valence-electron chi connectivity index (χ1n) is 5.75. The Morgan fingerprint density at radius 1 is 1.16 bits per heavy atom. The minimum absolute atomic E-state index is 0.567. The number of ether oxygens (including phenoxy) is 1. The molecular formula is C15H13BrN2O. The van der Waals surface area contributed by atoms with Gasteiger partial charge in [-0.2, -0.15) is 5.26 Å². The first-order valence-corrected chi connectivity index (χ1v) is 6.55. The SMILES string of the molecule is Cc1cc(C#N)cc(C)c1Oc1ccc(Br)cc1N. The van der Waals surface area contributed by atoms with Gasteiger partial charge in [0, 0.05) is 4.47 Å². The summed E-state index contributed by atoms with van der Waals surface area (Å²) in [5.74, 6) is 1.35. The molecule has 0 spiro atoms. The molecule has 0 aliphatic rings. The number of nitrogen functional groups attached to an aromatic ring is 1. The molecule has 0 heterocycles. The second-order valence-electron chi connectivity index (χ2n) is 4.34. The topological polar surface area (TPSA) is 59.0 Å². The van der Waals surface area contributed by atoms with Crippen LogP contribution in [0.4, 0.5) is 5.69 Å². The van der Waals surface area contributed by atoms with Gasteiger partial charge in [0.1, 0.15) is 11.5 Å². The molecule has 96 valence electrons. The highest BCUT2D eigenvalue weighted by Crippen LogP contribution is 2.34. The Balaban J connectivity index is 2.41. The molecule has 2 N–H and O–H groups in total. The van der Waals surface area contributed by atoms with Gasteiger partial charge >= 0.3 is 0 Å². The van der Waals surface area contributed by atoms with Crippen LogP contribution in [0.3, 0.4) is 0 Å². The molecule has 0 bridgehead atoms. The lowest BCUT2D eigenvalue weighted by Crippen LogP contribution is -1.96. The van der Waals surface area contributed by atoms with Crippen molar-refractivity contribution in [3.05, 3.63) is 51.5 Å². The van der Waals surface area contributed by atoms with Crippen LogP contribution in [0.5, 0.6) is 11.5 Å². The van der Waals surface area contributed by atoms with Crippen LogP contribution in [0.1, 0.15) is 16.7 Å². The number of nitrogens with two attached hydrogens (primary N) is 1. The third-order valence-electron chi connectivity index (χ3n) is 2.77. The molecule has 0 amide bonds. The largest absolute Gasteiger partial charge is 0.455 e. The molecule has 0 aliphatic carbocycles. The number of nitrogens with zero attached hydrogens (tertiary/aromatic N) is 1. The second-order valence-corrected chi connectivity index (χ2v) is 5.25. The van der Waals surface area contributed by atoms with Crippen LogP contribution in [-0.4, -0.2) is 0 Å². The van der Waals surface area contributed by atoms with Crippen LogP contribution in [0.15, 0.2) is 34.8 Å². The zero-order valence-electron chi connectivity index (χ0n) is 10.7. The van der Waals surface area contributed by atoms with Gasteiger partial charge in [-0.05, 0) is 55.3 Å². The van der Waals surface area contributed by atoms with Crippen molar-refractivity contribution < 1.29 is 4.74 Å². The molecule has 0 fully saturated rings. The van der Waals surface area contributed by atoms with Gasteiger partial charge in [0.25, 0.3) is 0 Å². The lowest BCUT2D eigenvalue weighted by atomic mass is 10.1. The Labute approximate surface area is 120 Å². The summed E-state index contributed by atoms with van der Waals surface area (Å²) in [6.07, 6.45) is 0. The van der Waals surface area contributed by atoms with Crippen LogP contribution in [0.2, 0.25) is 0 Å². The Morgan fingerprint density at radius 2 is 1.79 bits per heavy atom. The summed E-state index contributed by atoms with van der Waals surface area (Å²) in [7, 11) is 0. The predicted octanol–water partition coefficient (Wildman–Crippen LogP) is 4.31. The highest BCUT2D eigenvalue weighted by Gasteiger charge is 2.09. The lowest BCUT2D eigenvalue weighted by molar-refractivity contribution is 0.477. The number of rotatable bonds is 2. The van der Waals surface area contributed by atoms with E-state index in [2.05, 4.69) is 22.0 Å². The molecule has 0 unspecified atom stereocenters. The van der Waals surface area contributed by atoms with Crippen molar-refractivity contribution in [2.45, 2.75) is 13.8 Å². The molecule has 4 heteroatoms. The lowest BCUT2D eigenvalue weighted by Gasteiger charge is -2.13. The number of benzene rings is 2. The summed E-state index contributed by atoms with van der Waals surface area (Å²) < 4.78 is 6.78. The van der Waals surface area contributed by atoms with Crippen LogP contribution < -0.4 is 10.5 Å². The molecule has 0 atom stereocenters. The maximum absolute atomic E-state index is 8.93. The van der Waals surface area contributed by atoms with Crippen molar-refractivity contribution in [3.63, 3.8) is 0 Å². The van der Waals surface area contributed by atoms with Crippen molar-refractivity contribution in [2.75, 3.05) is 5.73 Å². The molecule has 0 saturated carbocycles. The summed E-state index contributed by atoms with van der Waals surface area (Å²) >= 11 is 3.36. The number of hydrogen-bond donors (Lipinski definition) is 1. The molecule has 2 aromatic carbocycles. The van der Waals surface area contributed by atoms with Crippen molar-refractivity contribution in [3.8, 4) is 17.6 Å². The van der Waals surface area contributed by atoms with Crippen LogP contribution >= 0.6 is 15.9 Å². The summed E-state index contributed by atoms with van der Waals surface area (Å²) in [6, 6.07) is 11.2. The number of nitriles is 1. The summed E-state index contributed by atoms with van der Waals surface area (Å²) in [6.45, 7) is 3.83. The van der Waals surface area contributed by atoms with E-state index in [1.54, 1.807) is 18.2 Å². The van der Waals surface area contributed by atoms with Crippen molar-refractivity contribution >= 4 is 21.6 Å². The molecule has 0 saturated heterocycles. The minimum atomic E-state index is 0.567. The molecule has 2 rings (SSSR count). The van der Waals surface area contributed by atoms with E-state index in [1.807, 2.05) is 26.0 Å². The molecule has 0 aliphatic heterocycles. The fraction of sp³-hybridized carbons (Fsp3) is 0.133. The monoisotopic (exact) mass is 316 g/mol. The molecule has 2 aromatic rings. The van der Waals surface area contributed by atoms with Gasteiger partial charge in [-0.15, -0.1) is 0 Å². The average molecular weight is 317 g/mol. The van der Waals surface area contributed by atoms with Crippen molar-refractivity contribution in [2.24, 2.45) is 0 Å². The zero-order valence-corrected chi connectivity index (χ0v) is 12.3. The third kappa shape index (κ3) is 2.88. The van der Waals surface area contributed by atoms with E-state index < -0.39 is 0 Å². The second kappa shape index (κ2) is 5.33. The highest BCUT2D eigenvalue weighted by atomic mass is 79.9. The van der Waals surface area contributed by atoms with Gasteiger partial charge < -0.3 is 10.5 Å². The van der Waals surface area contributed by atoms with E-state index in [-0.39, 0.29) is 0 Å². The van der Waals surface area contributed by atoms with Crippen LogP contribution in [0.25, 0.3) is 0 Å². The Morgan fingerprint density at radius 3 is 2.32 bits per heavy atom. The van der Waals surface area contributed by atoms with Crippen molar-refractivity contribution in [1.29, 1.82) is 5.26 Å². The first-order chi connectivity index (χ1) is 9.01. The standard InChI is InChI=1S/C15H13BrN2O/c1-9-5-11(8-17)6-10(2)15(9)19-14-4-3-12(16)7-13(14)18/h3-7H,18H2,1-2H3. The summed E-state index contributed by atoms with van der Waals surface area (Å²) in [4.78, 5) is 0. The van der Waals surface area contributed by atoms with Crippen LogP contribution in [-0.2, 0) is 0 Å². The summed E-state index contributed by atoms with van der Waals surface area (Å²) in [5, 5.41) is 8.93. The maximum atomic E-state index is 8.93. The molecular weight excluding hydrogens is 304 g/mol. The van der Waals surface area contributed by atoms with Crippen molar-refractivity contribution in [1.82, 2.24) is 0 Å². The average Bonchev–Trinajstić information content (AvgIpc) is 2.35. The van der Waals surface area contributed by atoms with Gasteiger partial charge in [0.2, 0.25) is 0 Å². The number of halogens is 1. The fourth-order valence-corrected chi connectivity index (χ4v) is 2.28. The van der Waals surface area contributed by atoms with E-state index in [4.69, 9.17) is 15.7 Å². The maximum Gasteiger partial charge on any atom is 0.150 e. The van der Waals surface area contributed by atoms with E-state index in [9.17, 15) is 0 Å². The number of hydrogen-bond acceptors (Lipinski definition) is 3. The molecule has 3 nitrogen and oxygen atoms in total. The Kier molecular flexibility index (Phi) is 3.77. The van der Waals surface area contributed by atoms with Gasteiger partial charge in [-0.3, -0.25) is 0 Å². The van der Waals surface area contributed by atoms with Crippen LogP contribution in [0, 0.1) is 25.2 Å². The van der Waals surface area contributed by atoms with E-state index in [1.165, 1.54) is 0 Å². The molecule has 19 heavy (non-hydrogen) atoms.